The minimum absolute atomic E-state index is 0.104. The number of benzene rings is 1. The molecule has 8 heteroatoms. The smallest absolute Gasteiger partial charge is 0.406 e. The molecule has 0 spiro atoms. The van der Waals surface area contributed by atoms with Gasteiger partial charge in [0.05, 0.1) is 0 Å². The summed E-state index contributed by atoms with van der Waals surface area (Å²) in [7, 11) is 0. The van der Waals surface area contributed by atoms with E-state index >= 15 is 0 Å². The Bertz CT molecular complexity index is 587. The number of halogens is 3. The van der Waals surface area contributed by atoms with E-state index < -0.39 is 30.8 Å². The number of hydrogen-bond donors (Lipinski definition) is 0. The lowest BCUT2D eigenvalue weighted by molar-refractivity contribution is -0.174. The van der Waals surface area contributed by atoms with Crippen LogP contribution in [0.5, 0.6) is 11.5 Å². The number of ether oxygens (including phenoxy) is 3. The fraction of sp³-hybridized carbons (Fsp3) is 0.562. The van der Waals surface area contributed by atoms with Crippen molar-refractivity contribution < 1.29 is 32.2 Å². The Kier molecular flexibility index (Phi) is 4.84. The molecule has 0 bridgehead atoms. The van der Waals surface area contributed by atoms with Gasteiger partial charge in [0.25, 0.3) is 5.91 Å². The lowest BCUT2D eigenvalue weighted by Crippen LogP contribution is -2.54. The van der Waals surface area contributed by atoms with Crippen molar-refractivity contribution in [3.8, 4) is 11.5 Å². The second-order valence-corrected chi connectivity index (χ2v) is 5.79. The third-order valence-corrected chi connectivity index (χ3v) is 4.05. The van der Waals surface area contributed by atoms with Crippen LogP contribution in [-0.4, -0.2) is 55.5 Å². The molecule has 0 aromatic heterocycles. The molecule has 24 heavy (non-hydrogen) atoms. The van der Waals surface area contributed by atoms with Gasteiger partial charge in [-0.1, -0.05) is 12.1 Å². The van der Waals surface area contributed by atoms with E-state index in [2.05, 4.69) is 0 Å². The molecule has 1 amide bonds. The quantitative estimate of drug-likeness (QED) is 0.844. The van der Waals surface area contributed by atoms with Crippen molar-refractivity contribution in [1.82, 2.24) is 4.90 Å². The van der Waals surface area contributed by atoms with Crippen LogP contribution < -0.4 is 9.47 Å². The van der Waals surface area contributed by atoms with Gasteiger partial charge in [-0.25, -0.2) is 0 Å². The summed E-state index contributed by atoms with van der Waals surface area (Å²) in [6.07, 6.45) is -4.79. The van der Waals surface area contributed by atoms with Crippen molar-refractivity contribution in [2.24, 2.45) is 0 Å². The summed E-state index contributed by atoms with van der Waals surface area (Å²) in [5, 5.41) is 0. The molecule has 0 unspecified atom stereocenters. The number of rotatable bonds is 3. The molecule has 0 radical (unpaired) electrons. The van der Waals surface area contributed by atoms with Crippen molar-refractivity contribution >= 4 is 5.91 Å². The lowest BCUT2D eigenvalue weighted by Gasteiger charge is -2.37. The Morgan fingerprint density at radius 3 is 2.50 bits per heavy atom. The zero-order valence-corrected chi connectivity index (χ0v) is 12.9. The van der Waals surface area contributed by atoms with E-state index in [9.17, 15) is 18.0 Å². The van der Waals surface area contributed by atoms with Gasteiger partial charge < -0.3 is 19.1 Å². The van der Waals surface area contributed by atoms with Crippen molar-refractivity contribution in [2.75, 3.05) is 26.4 Å². The van der Waals surface area contributed by atoms with E-state index in [0.717, 1.165) is 4.90 Å². The average molecular weight is 345 g/mol. The minimum Gasteiger partial charge on any atom is -0.485 e. The highest BCUT2D eigenvalue weighted by Crippen LogP contribution is 2.32. The van der Waals surface area contributed by atoms with Crippen LogP contribution in [0.3, 0.4) is 0 Å². The van der Waals surface area contributed by atoms with Gasteiger partial charge >= 0.3 is 6.18 Å². The van der Waals surface area contributed by atoms with Crippen LogP contribution in [0.25, 0.3) is 0 Å². The molecule has 2 heterocycles. The molecule has 2 aliphatic heterocycles. The fourth-order valence-corrected chi connectivity index (χ4v) is 2.90. The Balaban J connectivity index is 1.75. The topological polar surface area (TPSA) is 48.0 Å². The lowest BCUT2D eigenvalue weighted by atomic mass is 10.1. The number of carbonyl (C=O) groups excluding carboxylic acids is 1. The van der Waals surface area contributed by atoms with Crippen LogP contribution in [0, 0.1) is 0 Å². The molecule has 0 saturated carbocycles. The van der Waals surface area contributed by atoms with Gasteiger partial charge in [0, 0.05) is 19.3 Å². The molecule has 1 aromatic carbocycles. The normalized spacial score (nSPS) is 21.4. The van der Waals surface area contributed by atoms with Crippen LogP contribution in [0.2, 0.25) is 0 Å². The number of carbonyl (C=O) groups is 1. The van der Waals surface area contributed by atoms with Crippen molar-refractivity contribution in [1.29, 1.82) is 0 Å². The van der Waals surface area contributed by atoms with Gasteiger partial charge in [0.1, 0.15) is 13.2 Å². The highest BCUT2D eigenvalue weighted by molar-refractivity contribution is 5.82. The third kappa shape index (κ3) is 3.92. The highest BCUT2D eigenvalue weighted by atomic mass is 19.4. The number of fused-ring (bicyclic) bond motifs is 1. The van der Waals surface area contributed by atoms with Crippen LogP contribution >= 0.6 is 0 Å². The Morgan fingerprint density at radius 2 is 1.83 bits per heavy atom. The molecule has 0 aliphatic carbocycles. The van der Waals surface area contributed by atoms with Crippen molar-refractivity contribution in [2.45, 2.75) is 31.2 Å². The SMILES string of the molecule is O=C([C@H]1COc2ccccc2O1)N(CC(F)(F)F)C1CCOCC1. The van der Waals surface area contributed by atoms with Gasteiger partial charge in [0.2, 0.25) is 6.10 Å². The standard InChI is InChI=1S/C16H18F3NO4/c17-16(18,19)10-20(11-5-7-22-8-6-11)15(21)14-9-23-12-3-1-2-4-13(12)24-14/h1-4,11,14H,5-10H2/t14-/m1/s1. The van der Waals surface area contributed by atoms with Crippen LogP contribution in [0.1, 0.15) is 12.8 Å². The first kappa shape index (κ1) is 16.9. The fourth-order valence-electron chi connectivity index (χ4n) is 2.90. The average Bonchev–Trinajstić information content (AvgIpc) is 2.58. The number of alkyl halides is 3. The first-order chi connectivity index (χ1) is 11.4. The summed E-state index contributed by atoms with van der Waals surface area (Å²) < 4.78 is 55.0. The molecule has 2 aliphatic rings. The van der Waals surface area contributed by atoms with E-state index in [4.69, 9.17) is 14.2 Å². The molecule has 1 atom stereocenters. The second kappa shape index (κ2) is 6.88. The zero-order valence-electron chi connectivity index (χ0n) is 12.9. The molecule has 3 rings (SSSR count). The third-order valence-electron chi connectivity index (χ3n) is 4.05. The molecular weight excluding hydrogens is 327 g/mol. The first-order valence-corrected chi connectivity index (χ1v) is 7.77. The summed E-state index contributed by atoms with van der Waals surface area (Å²) in [5.74, 6) is 0.143. The Morgan fingerprint density at radius 1 is 1.17 bits per heavy atom. The molecule has 0 N–H and O–H groups in total. The van der Waals surface area contributed by atoms with E-state index in [1.807, 2.05) is 0 Å². The van der Waals surface area contributed by atoms with Crippen LogP contribution in [0.4, 0.5) is 13.2 Å². The van der Waals surface area contributed by atoms with Crippen molar-refractivity contribution in [3.63, 3.8) is 0 Å². The number of para-hydroxylation sites is 2. The van der Waals surface area contributed by atoms with E-state index in [1.54, 1.807) is 24.3 Å². The maximum Gasteiger partial charge on any atom is 0.406 e. The molecule has 1 aromatic rings. The zero-order chi connectivity index (χ0) is 17.2. The van der Waals surface area contributed by atoms with Gasteiger partial charge in [-0.15, -0.1) is 0 Å². The molecular formula is C16H18F3NO4. The molecule has 132 valence electrons. The number of nitrogens with zero attached hydrogens (tertiary/aromatic N) is 1. The first-order valence-electron chi connectivity index (χ1n) is 7.77. The molecule has 1 saturated heterocycles. The van der Waals surface area contributed by atoms with E-state index in [-0.39, 0.29) is 6.61 Å². The van der Waals surface area contributed by atoms with Crippen LogP contribution in [0.15, 0.2) is 24.3 Å². The largest absolute Gasteiger partial charge is 0.485 e. The van der Waals surface area contributed by atoms with E-state index in [0.29, 0.717) is 37.6 Å². The molecule has 1 fully saturated rings. The van der Waals surface area contributed by atoms with Crippen LogP contribution in [-0.2, 0) is 9.53 Å². The Labute approximate surface area is 137 Å². The van der Waals surface area contributed by atoms with Gasteiger partial charge in [0.15, 0.2) is 11.5 Å². The molecule has 5 nitrogen and oxygen atoms in total. The van der Waals surface area contributed by atoms with E-state index in [1.165, 1.54) is 0 Å². The maximum atomic E-state index is 12.9. The maximum absolute atomic E-state index is 12.9. The van der Waals surface area contributed by atoms with Crippen molar-refractivity contribution in [3.05, 3.63) is 24.3 Å². The predicted molar refractivity (Wildman–Crippen MR) is 78.0 cm³/mol. The highest BCUT2D eigenvalue weighted by Gasteiger charge is 2.41. The Hall–Kier alpha value is -1.96. The van der Waals surface area contributed by atoms with Gasteiger partial charge in [-0.2, -0.15) is 13.2 Å². The summed E-state index contributed by atoms with van der Waals surface area (Å²) in [6.45, 7) is -0.709. The summed E-state index contributed by atoms with van der Waals surface area (Å²) in [6, 6.07) is 6.26. The second-order valence-electron chi connectivity index (χ2n) is 5.79. The number of amides is 1. The number of hydrogen-bond acceptors (Lipinski definition) is 4. The summed E-state index contributed by atoms with van der Waals surface area (Å²) in [4.78, 5) is 13.5. The summed E-state index contributed by atoms with van der Waals surface area (Å²) in [5.41, 5.74) is 0. The summed E-state index contributed by atoms with van der Waals surface area (Å²) >= 11 is 0. The predicted octanol–water partition coefficient (Wildman–Crippen LogP) is 2.40. The minimum atomic E-state index is -4.47. The monoisotopic (exact) mass is 345 g/mol. The van der Waals surface area contributed by atoms with Gasteiger partial charge in [-0.05, 0) is 25.0 Å². The van der Waals surface area contributed by atoms with Gasteiger partial charge in [-0.3, -0.25) is 4.79 Å².